The predicted molar refractivity (Wildman–Crippen MR) is 58.8 cm³/mol. The minimum Gasteiger partial charge on any atom is -1.00 e. The number of hydrogen-bond donors (Lipinski definition) is 1. The summed E-state index contributed by atoms with van der Waals surface area (Å²) in [6.45, 7) is 0.604. The summed E-state index contributed by atoms with van der Waals surface area (Å²) >= 11 is 8.51. The number of thiol groups is 1. The third-order valence-electron chi connectivity index (χ3n) is 1.46. The van der Waals surface area contributed by atoms with E-state index < -0.39 is 0 Å². The number of thiocarbonyl (C=S) groups is 1. The molecule has 0 radical (unpaired) electrons. The summed E-state index contributed by atoms with van der Waals surface area (Å²) in [6, 6.07) is 10.1. The molecule has 4 heteroatoms. The van der Waals surface area contributed by atoms with E-state index in [-0.39, 0.29) is 52.8 Å². The molecule has 1 rings (SSSR count). The van der Waals surface area contributed by atoms with Crippen LogP contribution in [0.5, 0.6) is 0 Å². The Hall–Kier alpha value is 1.10. The summed E-state index contributed by atoms with van der Waals surface area (Å²) in [6.07, 6.45) is 0.877. The van der Waals surface area contributed by atoms with E-state index in [9.17, 15) is 0 Å². The van der Waals surface area contributed by atoms with Crippen LogP contribution in [-0.2, 0) is 11.2 Å². The summed E-state index contributed by atoms with van der Waals surface area (Å²) in [7, 11) is 0. The molecule has 0 aliphatic rings. The van der Waals surface area contributed by atoms with Gasteiger partial charge in [-0.3, -0.25) is 0 Å². The van der Waals surface area contributed by atoms with Crippen molar-refractivity contribution in [1.29, 1.82) is 0 Å². The van der Waals surface area contributed by atoms with Crippen LogP contribution in [0.15, 0.2) is 30.3 Å². The van der Waals surface area contributed by atoms with Gasteiger partial charge in [-0.1, -0.05) is 43.0 Å². The maximum absolute atomic E-state index is 5.04. The molecule has 0 aromatic heterocycles. The molecule has 0 unspecified atom stereocenters. The number of hydrogen-bond acceptors (Lipinski definition) is 2. The molecule has 0 aliphatic heterocycles. The second-order valence-corrected chi connectivity index (χ2v) is 3.43. The Bertz CT molecular complexity index is 256. The fourth-order valence-corrected chi connectivity index (χ4v) is 1.08. The van der Waals surface area contributed by atoms with E-state index in [4.69, 9.17) is 4.74 Å². The first-order valence-electron chi connectivity index (χ1n) is 3.68. The number of benzene rings is 1. The number of ether oxygens (including phenoxy) is 1. The van der Waals surface area contributed by atoms with Gasteiger partial charge in [0, 0.05) is 6.42 Å². The molecular formula is C9H11KOS2. The van der Waals surface area contributed by atoms with Gasteiger partial charge in [0.1, 0.15) is 0 Å². The first kappa shape index (κ1) is 14.1. The molecule has 0 spiro atoms. The van der Waals surface area contributed by atoms with Gasteiger partial charge in [-0.15, -0.1) is 0 Å². The molecule has 0 atom stereocenters. The summed E-state index contributed by atoms with van der Waals surface area (Å²) in [4.78, 5) is 0. The van der Waals surface area contributed by atoms with Gasteiger partial charge in [-0.2, -0.15) is 0 Å². The van der Waals surface area contributed by atoms with Gasteiger partial charge in [0.15, 0.2) is 0 Å². The van der Waals surface area contributed by atoms with Crippen LogP contribution in [0.25, 0.3) is 0 Å². The van der Waals surface area contributed by atoms with Crippen molar-refractivity contribution in [2.75, 3.05) is 6.61 Å². The Morgan fingerprint density at radius 3 is 2.54 bits per heavy atom. The molecule has 0 fully saturated rings. The van der Waals surface area contributed by atoms with E-state index in [0.29, 0.717) is 11.0 Å². The van der Waals surface area contributed by atoms with E-state index in [1.54, 1.807) is 0 Å². The molecule has 66 valence electrons. The quantitative estimate of drug-likeness (QED) is 0.435. The minimum atomic E-state index is 0. The largest absolute Gasteiger partial charge is 1.00 e. The van der Waals surface area contributed by atoms with E-state index in [1.807, 2.05) is 18.2 Å². The van der Waals surface area contributed by atoms with Gasteiger partial charge in [0.25, 0.3) is 0 Å². The molecular weight excluding hydrogens is 227 g/mol. The van der Waals surface area contributed by atoms with Crippen molar-refractivity contribution in [3.05, 3.63) is 35.9 Å². The van der Waals surface area contributed by atoms with Crippen LogP contribution in [0.3, 0.4) is 0 Å². The molecule has 0 heterocycles. The van der Waals surface area contributed by atoms with Crippen LogP contribution < -0.4 is 51.4 Å². The average Bonchev–Trinajstić information content (AvgIpc) is 2.05. The van der Waals surface area contributed by atoms with E-state index >= 15 is 0 Å². The van der Waals surface area contributed by atoms with Gasteiger partial charge >= 0.3 is 51.4 Å². The molecule has 13 heavy (non-hydrogen) atoms. The number of rotatable bonds is 3. The van der Waals surface area contributed by atoms with Crippen LogP contribution in [0.1, 0.15) is 6.99 Å². The van der Waals surface area contributed by atoms with Gasteiger partial charge in [0.2, 0.25) is 4.38 Å². The maximum atomic E-state index is 5.04. The van der Waals surface area contributed by atoms with Gasteiger partial charge in [-0.05, 0) is 17.8 Å². The predicted octanol–water partition coefficient (Wildman–Crippen LogP) is -0.423. The Morgan fingerprint density at radius 2 is 2.00 bits per heavy atom. The van der Waals surface area contributed by atoms with Gasteiger partial charge in [-0.25, -0.2) is 0 Å². The van der Waals surface area contributed by atoms with Crippen LogP contribution in [0.2, 0.25) is 0 Å². The molecule has 1 aromatic rings. The molecule has 0 saturated heterocycles. The topological polar surface area (TPSA) is 9.23 Å². The summed E-state index contributed by atoms with van der Waals surface area (Å²) < 4.78 is 5.35. The van der Waals surface area contributed by atoms with Crippen molar-refractivity contribution < 1.29 is 57.5 Å². The minimum absolute atomic E-state index is 0. The first-order chi connectivity index (χ1) is 5.79. The SMILES string of the molecule is S=C(S)OCCc1ccccc1.[H-].[K+]. The third-order valence-corrected chi connectivity index (χ3v) is 1.71. The summed E-state index contributed by atoms with van der Waals surface area (Å²) in [5.41, 5.74) is 1.25. The monoisotopic (exact) mass is 238 g/mol. The molecule has 0 aliphatic carbocycles. The second-order valence-electron chi connectivity index (χ2n) is 2.35. The Kier molecular flexibility index (Phi) is 9.12. The van der Waals surface area contributed by atoms with Gasteiger partial charge in [0.05, 0.1) is 6.61 Å². The van der Waals surface area contributed by atoms with Crippen molar-refractivity contribution in [3.63, 3.8) is 0 Å². The summed E-state index contributed by atoms with van der Waals surface area (Å²) in [5, 5.41) is 0. The van der Waals surface area contributed by atoms with Crippen LogP contribution in [0, 0.1) is 0 Å². The fraction of sp³-hybridized carbons (Fsp3) is 0.222. The van der Waals surface area contributed by atoms with Crippen molar-refractivity contribution >= 4 is 29.2 Å². The van der Waals surface area contributed by atoms with E-state index in [2.05, 4.69) is 37.0 Å². The Labute approximate surface area is 134 Å². The van der Waals surface area contributed by atoms with Crippen LogP contribution >= 0.6 is 24.8 Å². The molecule has 1 nitrogen and oxygen atoms in total. The third kappa shape index (κ3) is 7.08. The van der Waals surface area contributed by atoms with Crippen molar-refractivity contribution in [2.45, 2.75) is 6.42 Å². The van der Waals surface area contributed by atoms with Crippen LogP contribution in [0.4, 0.5) is 0 Å². The van der Waals surface area contributed by atoms with E-state index in [1.165, 1.54) is 5.56 Å². The van der Waals surface area contributed by atoms with Crippen LogP contribution in [-0.4, -0.2) is 11.0 Å². The summed E-state index contributed by atoms with van der Waals surface area (Å²) in [5.74, 6) is 0. The normalized spacial score (nSPS) is 8.69. The van der Waals surface area contributed by atoms with Crippen molar-refractivity contribution in [3.8, 4) is 0 Å². The maximum Gasteiger partial charge on any atom is 1.00 e. The molecule has 0 bridgehead atoms. The van der Waals surface area contributed by atoms with Crippen molar-refractivity contribution in [2.24, 2.45) is 0 Å². The fourth-order valence-electron chi connectivity index (χ4n) is 0.901. The zero-order chi connectivity index (χ0) is 8.81. The zero-order valence-corrected chi connectivity index (χ0v) is 12.4. The zero-order valence-electron chi connectivity index (χ0n) is 8.56. The van der Waals surface area contributed by atoms with Gasteiger partial charge < -0.3 is 6.16 Å². The second kappa shape index (κ2) is 8.41. The standard InChI is InChI=1S/C9H10OS2.K.H/c11-9(12)10-7-6-8-4-2-1-3-5-8;;/h1-5H,6-7H2,(H,11,12);;/q;+1;-1. The van der Waals surface area contributed by atoms with Crippen molar-refractivity contribution in [1.82, 2.24) is 0 Å². The molecule has 0 saturated carbocycles. The molecule has 0 N–H and O–H groups in total. The molecule has 1 aromatic carbocycles. The average molecular weight is 238 g/mol. The molecule has 0 amide bonds. The van der Waals surface area contributed by atoms with E-state index in [0.717, 1.165) is 6.42 Å². The smallest absolute Gasteiger partial charge is 1.00 e. The Balaban J connectivity index is 0. The first-order valence-corrected chi connectivity index (χ1v) is 4.54. The Morgan fingerprint density at radius 1 is 1.38 bits per heavy atom.